The van der Waals surface area contributed by atoms with Gasteiger partial charge in [-0.25, -0.2) is 4.98 Å². The molecule has 0 radical (unpaired) electrons. The lowest BCUT2D eigenvalue weighted by atomic mass is 10.4. The molecule has 0 saturated carbocycles. The van der Waals surface area contributed by atoms with Gasteiger partial charge in [0.1, 0.15) is 6.33 Å². The largest absolute Gasteiger partial charge is 0.337 e. The molecule has 2 heterocycles. The van der Waals surface area contributed by atoms with Crippen molar-refractivity contribution in [3.05, 3.63) is 12.2 Å². The molecule has 68 valence electrons. The molecule has 0 aliphatic carbocycles. The summed E-state index contributed by atoms with van der Waals surface area (Å²) < 4.78 is 4.88. The molecular formula is C6H8N6O. The third-order valence-electron chi connectivity index (χ3n) is 1.46. The van der Waals surface area contributed by atoms with E-state index in [0.717, 1.165) is 0 Å². The molecule has 0 saturated heterocycles. The lowest BCUT2D eigenvalue weighted by Crippen LogP contribution is -2.04. The second-order valence-electron chi connectivity index (χ2n) is 2.58. The maximum atomic E-state index is 5.54. The number of rotatable bonds is 2. The van der Waals surface area contributed by atoms with Crippen LogP contribution in [0.5, 0.6) is 0 Å². The monoisotopic (exact) mass is 180 g/mol. The van der Waals surface area contributed by atoms with Gasteiger partial charge < -0.3 is 10.3 Å². The first kappa shape index (κ1) is 7.87. The van der Waals surface area contributed by atoms with Gasteiger partial charge in [0.25, 0.3) is 0 Å². The Bertz CT molecular complexity index is 377. The van der Waals surface area contributed by atoms with Crippen molar-refractivity contribution < 1.29 is 4.52 Å². The molecule has 2 rings (SSSR count). The van der Waals surface area contributed by atoms with Crippen molar-refractivity contribution in [2.75, 3.05) is 0 Å². The van der Waals surface area contributed by atoms with E-state index in [1.807, 2.05) is 0 Å². The minimum absolute atomic E-state index is 0.274. The summed E-state index contributed by atoms with van der Waals surface area (Å²) in [5.74, 6) is 1.21. The smallest absolute Gasteiger partial charge is 0.243 e. The molecule has 3 N–H and O–H groups in total. The summed E-state index contributed by atoms with van der Waals surface area (Å²) in [6.07, 6.45) is 1.37. The predicted molar refractivity (Wildman–Crippen MR) is 42.3 cm³/mol. The average Bonchev–Trinajstić information content (AvgIpc) is 2.75. The Hall–Kier alpha value is -1.76. The van der Waals surface area contributed by atoms with Crippen LogP contribution < -0.4 is 5.73 Å². The van der Waals surface area contributed by atoms with E-state index in [9.17, 15) is 0 Å². The van der Waals surface area contributed by atoms with E-state index in [4.69, 9.17) is 10.3 Å². The number of H-pyrrole nitrogens is 1. The molecule has 0 unspecified atom stereocenters. The molecule has 2 aromatic rings. The highest BCUT2D eigenvalue weighted by atomic mass is 16.5. The van der Waals surface area contributed by atoms with Gasteiger partial charge in [-0.05, 0) is 6.92 Å². The third-order valence-corrected chi connectivity index (χ3v) is 1.46. The van der Waals surface area contributed by atoms with E-state index >= 15 is 0 Å². The van der Waals surface area contributed by atoms with Crippen LogP contribution in [0.25, 0.3) is 11.6 Å². The van der Waals surface area contributed by atoms with Crippen molar-refractivity contribution in [2.45, 2.75) is 13.0 Å². The van der Waals surface area contributed by atoms with Gasteiger partial charge in [-0.1, -0.05) is 5.16 Å². The highest BCUT2D eigenvalue weighted by molar-refractivity contribution is 5.39. The molecule has 0 spiro atoms. The Morgan fingerprint density at radius 3 is 3.00 bits per heavy atom. The summed E-state index contributed by atoms with van der Waals surface area (Å²) in [5, 5.41) is 9.96. The summed E-state index contributed by atoms with van der Waals surface area (Å²) >= 11 is 0. The molecule has 2 aromatic heterocycles. The summed E-state index contributed by atoms with van der Waals surface area (Å²) in [4.78, 5) is 7.88. The van der Waals surface area contributed by atoms with Crippen LogP contribution in [0, 0.1) is 0 Å². The van der Waals surface area contributed by atoms with Crippen molar-refractivity contribution in [3.8, 4) is 11.6 Å². The fourth-order valence-corrected chi connectivity index (χ4v) is 0.830. The number of nitrogens with one attached hydrogen (secondary N) is 1. The van der Waals surface area contributed by atoms with Crippen LogP contribution in [0.2, 0.25) is 0 Å². The van der Waals surface area contributed by atoms with Crippen molar-refractivity contribution in [2.24, 2.45) is 5.73 Å². The van der Waals surface area contributed by atoms with Crippen LogP contribution >= 0.6 is 0 Å². The van der Waals surface area contributed by atoms with Crippen LogP contribution in [-0.2, 0) is 0 Å². The number of aromatic amines is 1. The highest BCUT2D eigenvalue weighted by Crippen LogP contribution is 2.12. The van der Waals surface area contributed by atoms with E-state index in [0.29, 0.717) is 17.5 Å². The Morgan fingerprint density at radius 1 is 1.62 bits per heavy atom. The zero-order valence-electron chi connectivity index (χ0n) is 6.93. The second kappa shape index (κ2) is 2.94. The van der Waals surface area contributed by atoms with Crippen molar-refractivity contribution in [3.63, 3.8) is 0 Å². The lowest BCUT2D eigenvalue weighted by molar-refractivity contribution is 0.362. The average molecular weight is 180 g/mol. The van der Waals surface area contributed by atoms with E-state index in [-0.39, 0.29) is 6.04 Å². The van der Waals surface area contributed by atoms with Crippen molar-refractivity contribution in [1.29, 1.82) is 0 Å². The van der Waals surface area contributed by atoms with E-state index in [1.54, 1.807) is 6.92 Å². The van der Waals surface area contributed by atoms with Crippen LogP contribution in [-0.4, -0.2) is 25.3 Å². The third kappa shape index (κ3) is 1.41. The molecule has 0 fully saturated rings. The number of nitrogens with two attached hydrogens (primary N) is 1. The van der Waals surface area contributed by atoms with E-state index < -0.39 is 0 Å². The fourth-order valence-electron chi connectivity index (χ4n) is 0.830. The Morgan fingerprint density at radius 2 is 2.46 bits per heavy atom. The molecule has 7 heteroatoms. The van der Waals surface area contributed by atoms with Gasteiger partial charge in [-0.15, -0.1) is 0 Å². The first-order chi connectivity index (χ1) is 6.27. The number of aromatic nitrogens is 5. The number of hydrogen-bond donors (Lipinski definition) is 2. The van der Waals surface area contributed by atoms with Gasteiger partial charge in [0.2, 0.25) is 11.7 Å². The predicted octanol–water partition coefficient (Wildman–Crippen LogP) is -0.126. The van der Waals surface area contributed by atoms with Crippen molar-refractivity contribution >= 4 is 0 Å². The minimum atomic E-state index is -0.274. The quantitative estimate of drug-likeness (QED) is 0.666. The molecule has 13 heavy (non-hydrogen) atoms. The zero-order chi connectivity index (χ0) is 9.26. The second-order valence-corrected chi connectivity index (χ2v) is 2.58. The number of nitrogens with zero attached hydrogens (tertiary/aromatic N) is 4. The molecular weight excluding hydrogens is 172 g/mol. The molecule has 0 aliphatic heterocycles. The lowest BCUT2D eigenvalue weighted by Gasteiger charge is -1.92. The summed E-state index contributed by atoms with van der Waals surface area (Å²) in [7, 11) is 0. The van der Waals surface area contributed by atoms with Gasteiger partial charge in [0.15, 0.2) is 5.82 Å². The summed E-state index contributed by atoms with van der Waals surface area (Å²) in [6, 6.07) is -0.274. The Balaban J connectivity index is 2.33. The van der Waals surface area contributed by atoms with Gasteiger partial charge in [0, 0.05) is 0 Å². The van der Waals surface area contributed by atoms with Crippen molar-refractivity contribution in [1.82, 2.24) is 25.3 Å². The fraction of sp³-hybridized carbons (Fsp3) is 0.333. The molecule has 1 atom stereocenters. The van der Waals surface area contributed by atoms with E-state index in [1.165, 1.54) is 6.33 Å². The van der Waals surface area contributed by atoms with Crippen LogP contribution in [0.3, 0.4) is 0 Å². The maximum absolute atomic E-state index is 5.54. The molecule has 0 amide bonds. The summed E-state index contributed by atoms with van der Waals surface area (Å²) in [5.41, 5.74) is 5.54. The molecule has 0 aromatic carbocycles. The number of hydrogen-bond acceptors (Lipinski definition) is 6. The SMILES string of the molecule is C[C@@H](N)c1nc(-c2ncn[nH]2)no1. The standard InChI is InChI=1S/C6H8N6O/c1-3(7)6-10-5(12-13-6)4-8-2-9-11-4/h2-3H,7H2,1H3,(H,8,9,11)/t3-/m1/s1. The Labute approximate surface area is 73.4 Å². The highest BCUT2D eigenvalue weighted by Gasteiger charge is 2.12. The normalized spacial score (nSPS) is 13.1. The Kier molecular flexibility index (Phi) is 1.78. The maximum Gasteiger partial charge on any atom is 0.243 e. The molecule has 0 bridgehead atoms. The topological polar surface area (TPSA) is 107 Å². The molecule has 7 nitrogen and oxygen atoms in total. The first-order valence-electron chi connectivity index (χ1n) is 3.72. The van der Waals surface area contributed by atoms with Gasteiger partial charge >= 0.3 is 0 Å². The first-order valence-corrected chi connectivity index (χ1v) is 3.72. The van der Waals surface area contributed by atoms with E-state index in [2.05, 4.69) is 25.3 Å². The van der Waals surface area contributed by atoms with Gasteiger partial charge in [-0.2, -0.15) is 10.1 Å². The van der Waals surface area contributed by atoms with Gasteiger partial charge in [0.05, 0.1) is 6.04 Å². The van der Waals surface area contributed by atoms with Crippen LogP contribution in [0.1, 0.15) is 18.9 Å². The summed E-state index contributed by atoms with van der Waals surface area (Å²) in [6.45, 7) is 1.76. The molecule has 0 aliphatic rings. The van der Waals surface area contributed by atoms with Crippen LogP contribution in [0.4, 0.5) is 0 Å². The van der Waals surface area contributed by atoms with Gasteiger partial charge in [-0.3, -0.25) is 5.10 Å². The minimum Gasteiger partial charge on any atom is -0.337 e. The van der Waals surface area contributed by atoms with Crippen LogP contribution in [0.15, 0.2) is 10.9 Å². The zero-order valence-corrected chi connectivity index (χ0v) is 6.93.